The first-order valence-corrected chi connectivity index (χ1v) is 5.64. The molecule has 5 nitrogen and oxygen atoms in total. The predicted molar refractivity (Wildman–Crippen MR) is 49.4 cm³/mol. The SMILES string of the molecule is O=C(O)CS(=O)(=O)Cc1ccccn1. The van der Waals surface area contributed by atoms with Gasteiger partial charge in [-0.05, 0) is 12.1 Å². The second-order valence-electron chi connectivity index (χ2n) is 2.75. The van der Waals surface area contributed by atoms with E-state index in [0.29, 0.717) is 5.69 Å². The number of pyridine rings is 1. The van der Waals surface area contributed by atoms with Gasteiger partial charge in [-0.15, -0.1) is 0 Å². The van der Waals surface area contributed by atoms with Gasteiger partial charge in [0, 0.05) is 6.20 Å². The van der Waals surface area contributed by atoms with Gasteiger partial charge in [0.25, 0.3) is 0 Å². The molecule has 0 aliphatic rings. The highest BCUT2D eigenvalue weighted by molar-refractivity contribution is 7.91. The number of aliphatic carboxylic acids is 1. The van der Waals surface area contributed by atoms with Crippen molar-refractivity contribution < 1.29 is 18.3 Å². The molecule has 1 rings (SSSR count). The summed E-state index contributed by atoms with van der Waals surface area (Å²) in [7, 11) is -3.60. The Morgan fingerprint density at radius 3 is 2.64 bits per heavy atom. The van der Waals surface area contributed by atoms with Gasteiger partial charge in [0.1, 0.15) is 5.75 Å². The number of sulfone groups is 1. The third kappa shape index (κ3) is 3.53. The van der Waals surface area contributed by atoms with E-state index in [1.165, 1.54) is 6.20 Å². The molecule has 0 radical (unpaired) electrons. The molecule has 1 aromatic rings. The fraction of sp³-hybridized carbons (Fsp3) is 0.250. The number of aromatic nitrogens is 1. The zero-order valence-electron chi connectivity index (χ0n) is 7.25. The van der Waals surface area contributed by atoms with Crippen LogP contribution in [0.3, 0.4) is 0 Å². The molecule has 1 N–H and O–H groups in total. The molecule has 76 valence electrons. The average Bonchev–Trinajstić information content (AvgIpc) is 2.02. The zero-order valence-corrected chi connectivity index (χ0v) is 8.07. The molecule has 0 aliphatic heterocycles. The molecule has 0 amide bonds. The Balaban J connectivity index is 2.74. The van der Waals surface area contributed by atoms with E-state index in [9.17, 15) is 13.2 Å². The summed E-state index contributed by atoms with van der Waals surface area (Å²) in [5.74, 6) is -2.54. The Kier molecular flexibility index (Phi) is 3.19. The quantitative estimate of drug-likeness (QED) is 0.768. The lowest BCUT2D eigenvalue weighted by molar-refractivity contribution is -0.134. The van der Waals surface area contributed by atoms with E-state index >= 15 is 0 Å². The first-order chi connectivity index (χ1) is 6.49. The van der Waals surface area contributed by atoms with Crippen molar-refractivity contribution in [3.63, 3.8) is 0 Å². The normalized spacial score (nSPS) is 11.1. The molecule has 0 fully saturated rings. The van der Waals surface area contributed by atoms with Gasteiger partial charge in [-0.1, -0.05) is 6.07 Å². The zero-order chi connectivity index (χ0) is 10.6. The number of rotatable bonds is 4. The third-order valence-electron chi connectivity index (χ3n) is 1.44. The molecular weight excluding hydrogens is 206 g/mol. The van der Waals surface area contributed by atoms with Gasteiger partial charge in [-0.25, -0.2) is 8.42 Å². The molecule has 0 unspecified atom stereocenters. The molecule has 0 bridgehead atoms. The van der Waals surface area contributed by atoms with Crippen LogP contribution in [0.4, 0.5) is 0 Å². The van der Waals surface area contributed by atoms with Crippen molar-refractivity contribution in [2.24, 2.45) is 0 Å². The number of hydrogen-bond acceptors (Lipinski definition) is 4. The summed E-state index contributed by atoms with van der Waals surface area (Å²) in [6.07, 6.45) is 1.46. The lowest BCUT2D eigenvalue weighted by atomic mass is 10.4. The van der Waals surface area contributed by atoms with Gasteiger partial charge >= 0.3 is 5.97 Å². The van der Waals surface area contributed by atoms with Crippen LogP contribution in [0.25, 0.3) is 0 Å². The molecule has 1 aromatic heterocycles. The van der Waals surface area contributed by atoms with E-state index < -0.39 is 21.6 Å². The van der Waals surface area contributed by atoms with Crippen LogP contribution in [0, 0.1) is 0 Å². The van der Waals surface area contributed by atoms with Crippen LogP contribution in [-0.4, -0.2) is 30.2 Å². The van der Waals surface area contributed by atoms with Gasteiger partial charge in [0.2, 0.25) is 0 Å². The summed E-state index contributed by atoms with van der Waals surface area (Å²) < 4.78 is 22.4. The molecule has 6 heteroatoms. The van der Waals surface area contributed by atoms with Crippen LogP contribution >= 0.6 is 0 Å². The highest BCUT2D eigenvalue weighted by Crippen LogP contribution is 2.02. The summed E-state index contributed by atoms with van der Waals surface area (Å²) >= 11 is 0. The van der Waals surface area contributed by atoms with Gasteiger partial charge in [0.15, 0.2) is 9.84 Å². The Morgan fingerprint density at radius 1 is 1.43 bits per heavy atom. The molecule has 14 heavy (non-hydrogen) atoms. The van der Waals surface area contributed by atoms with Crippen molar-refractivity contribution in [2.45, 2.75) is 5.75 Å². The monoisotopic (exact) mass is 215 g/mol. The Hall–Kier alpha value is -1.43. The van der Waals surface area contributed by atoms with Gasteiger partial charge in [-0.3, -0.25) is 9.78 Å². The second kappa shape index (κ2) is 4.19. The molecule has 0 aromatic carbocycles. The minimum Gasteiger partial charge on any atom is -0.480 e. The lowest BCUT2D eigenvalue weighted by Crippen LogP contribution is -2.17. The Bertz CT molecular complexity index is 412. The van der Waals surface area contributed by atoms with E-state index in [1.54, 1.807) is 18.2 Å². The molecule has 0 atom stereocenters. The fourth-order valence-electron chi connectivity index (χ4n) is 0.948. The third-order valence-corrected chi connectivity index (χ3v) is 2.86. The maximum absolute atomic E-state index is 11.2. The average molecular weight is 215 g/mol. The standard InChI is InChI=1S/C8H9NO4S/c10-8(11)6-14(12,13)5-7-3-1-2-4-9-7/h1-4H,5-6H2,(H,10,11). The van der Waals surface area contributed by atoms with Crippen molar-refractivity contribution >= 4 is 15.8 Å². The molecule has 1 heterocycles. The molecule has 0 saturated carbocycles. The maximum atomic E-state index is 11.2. The number of hydrogen-bond donors (Lipinski definition) is 1. The van der Waals surface area contributed by atoms with Crippen LogP contribution in [0.15, 0.2) is 24.4 Å². The number of nitrogens with zero attached hydrogens (tertiary/aromatic N) is 1. The summed E-state index contributed by atoms with van der Waals surface area (Å²) in [6, 6.07) is 4.85. The van der Waals surface area contributed by atoms with E-state index in [-0.39, 0.29) is 5.75 Å². The minimum atomic E-state index is -3.60. The van der Waals surface area contributed by atoms with E-state index in [2.05, 4.69) is 4.98 Å². The number of carbonyl (C=O) groups is 1. The smallest absolute Gasteiger partial charge is 0.318 e. The summed E-state index contributed by atoms with van der Waals surface area (Å²) in [6.45, 7) is 0. The van der Waals surface area contributed by atoms with Crippen LogP contribution in [0.1, 0.15) is 5.69 Å². The maximum Gasteiger partial charge on any atom is 0.318 e. The van der Waals surface area contributed by atoms with Crippen LogP contribution in [-0.2, 0) is 20.4 Å². The second-order valence-corrected chi connectivity index (χ2v) is 4.81. The van der Waals surface area contributed by atoms with Crippen molar-refractivity contribution in [2.75, 3.05) is 5.75 Å². The van der Waals surface area contributed by atoms with Gasteiger partial charge in [-0.2, -0.15) is 0 Å². The van der Waals surface area contributed by atoms with E-state index in [0.717, 1.165) is 0 Å². The fourth-order valence-corrected chi connectivity index (χ4v) is 2.05. The molecule has 0 spiro atoms. The number of carboxylic acid groups (broad SMARTS) is 1. The predicted octanol–water partition coefficient (Wildman–Crippen LogP) is 0.0810. The number of carboxylic acids is 1. The van der Waals surface area contributed by atoms with E-state index in [1.807, 2.05) is 0 Å². The van der Waals surface area contributed by atoms with Gasteiger partial charge in [0.05, 0.1) is 11.4 Å². The largest absolute Gasteiger partial charge is 0.480 e. The van der Waals surface area contributed by atoms with Crippen LogP contribution in [0.2, 0.25) is 0 Å². The van der Waals surface area contributed by atoms with Crippen molar-refractivity contribution in [3.8, 4) is 0 Å². The van der Waals surface area contributed by atoms with Crippen LogP contribution in [0.5, 0.6) is 0 Å². The Labute approximate surface area is 81.3 Å². The summed E-state index contributed by atoms with van der Waals surface area (Å²) in [4.78, 5) is 14.0. The van der Waals surface area contributed by atoms with Gasteiger partial charge < -0.3 is 5.11 Å². The Morgan fingerprint density at radius 2 is 2.14 bits per heavy atom. The van der Waals surface area contributed by atoms with E-state index in [4.69, 9.17) is 5.11 Å². The van der Waals surface area contributed by atoms with Crippen LogP contribution < -0.4 is 0 Å². The topological polar surface area (TPSA) is 84.3 Å². The first-order valence-electron chi connectivity index (χ1n) is 3.82. The van der Waals surface area contributed by atoms with Crippen molar-refractivity contribution in [3.05, 3.63) is 30.1 Å². The molecular formula is C8H9NO4S. The first kappa shape index (κ1) is 10.6. The summed E-state index contributed by atoms with van der Waals surface area (Å²) in [5.41, 5.74) is 0.355. The molecule has 0 saturated heterocycles. The minimum absolute atomic E-state index is 0.333. The highest BCUT2D eigenvalue weighted by atomic mass is 32.2. The lowest BCUT2D eigenvalue weighted by Gasteiger charge is -1.99. The van der Waals surface area contributed by atoms with Crippen molar-refractivity contribution in [1.82, 2.24) is 4.98 Å². The molecule has 0 aliphatic carbocycles. The van der Waals surface area contributed by atoms with Crippen molar-refractivity contribution in [1.29, 1.82) is 0 Å². The summed E-state index contributed by atoms with van der Waals surface area (Å²) in [5, 5.41) is 8.33. The highest BCUT2D eigenvalue weighted by Gasteiger charge is 2.16.